The summed E-state index contributed by atoms with van der Waals surface area (Å²) in [5.41, 5.74) is 0.00699. The summed E-state index contributed by atoms with van der Waals surface area (Å²) in [5, 5.41) is 7.60. The highest BCUT2D eigenvalue weighted by molar-refractivity contribution is 6.07. The zero-order valence-electron chi connectivity index (χ0n) is 24.2. The number of nitrogens with one attached hydrogen (secondary N) is 3. The Kier molecular flexibility index (Phi) is 16.4. The first-order chi connectivity index (χ1) is 20.4. The first-order valence-corrected chi connectivity index (χ1v) is 14.3. The number of amides is 5. The monoisotopic (exact) mass is 590 g/mol. The van der Waals surface area contributed by atoms with Crippen molar-refractivity contribution in [2.75, 3.05) is 53.2 Å². The van der Waals surface area contributed by atoms with Crippen LogP contribution in [0.4, 0.5) is 0 Å². The van der Waals surface area contributed by atoms with E-state index >= 15 is 0 Å². The zero-order chi connectivity index (χ0) is 30.6. The molecule has 0 aromatic heterocycles. The van der Waals surface area contributed by atoms with Crippen LogP contribution in [-0.2, 0) is 28.7 Å². The predicted octanol–water partition coefficient (Wildman–Crippen LogP) is 0.991. The lowest BCUT2D eigenvalue weighted by Crippen LogP contribution is -2.53. The van der Waals surface area contributed by atoms with Crippen LogP contribution in [0.1, 0.15) is 72.1 Å². The molecule has 0 radical (unpaired) electrons. The molecule has 2 rings (SSSR count). The Balaban J connectivity index is 1.63. The summed E-state index contributed by atoms with van der Waals surface area (Å²) in [6.07, 6.45) is 6.83. The zero-order valence-corrected chi connectivity index (χ0v) is 24.2. The topological polar surface area (TPSA) is 169 Å². The normalized spacial score (nSPS) is 14.5. The molecule has 13 heteroatoms. The van der Waals surface area contributed by atoms with Gasteiger partial charge in [0.25, 0.3) is 11.8 Å². The molecule has 1 aliphatic heterocycles. The first-order valence-electron chi connectivity index (χ1n) is 14.3. The standard InChI is InChI=1S/C29H42N4O9/c1-33(23-11-12-25(36)32-28(23)38)29(39)27-22(19-34)9-8-10-24(27)42-20-26(37)31-14-5-3-7-16-41-18-17-40-15-6-2-4-13-30-21-35/h8-10,19,21,23H,2-7,11-18,20H2,1H3,(H,30,35)(H,31,37)(H,32,36,38). The fourth-order valence-corrected chi connectivity index (χ4v) is 4.28. The Morgan fingerprint density at radius 3 is 2.31 bits per heavy atom. The summed E-state index contributed by atoms with van der Waals surface area (Å²) < 4.78 is 16.7. The van der Waals surface area contributed by atoms with Crippen LogP contribution in [0.2, 0.25) is 0 Å². The molecule has 232 valence electrons. The van der Waals surface area contributed by atoms with E-state index in [2.05, 4.69) is 16.0 Å². The number of unbranched alkanes of at least 4 members (excludes halogenated alkanes) is 4. The number of carbonyl (C=O) groups is 6. The Morgan fingerprint density at radius 2 is 1.67 bits per heavy atom. The van der Waals surface area contributed by atoms with Crippen molar-refractivity contribution in [1.82, 2.24) is 20.9 Å². The van der Waals surface area contributed by atoms with E-state index in [1.165, 1.54) is 30.1 Å². The van der Waals surface area contributed by atoms with Gasteiger partial charge in [0.05, 0.1) is 18.8 Å². The number of hydrogen-bond acceptors (Lipinski definition) is 9. The van der Waals surface area contributed by atoms with Crippen molar-refractivity contribution in [3.8, 4) is 5.75 Å². The fourth-order valence-electron chi connectivity index (χ4n) is 4.28. The fraction of sp³-hybridized carbons (Fsp3) is 0.586. The van der Waals surface area contributed by atoms with Crippen LogP contribution >= 0.6 is 0 Å². The van der Waals surface area contributed by atoms with Gasteiger partial charge in [0.2, 0.25) is 18.2 Å². The third-order valence-corrected chi connectivity index (χ3v) is 6.61. The van der Waals surface area contributed by atoms with Crippen molar-refractivity contribution in [2.45, 2.75) is 57.4 Å². The molecule has 1 aromatic carbocycles. The maximum absolute atomic E-state index is 13.2. The van der Waals surface area contributed by atoms with Gasteiger partial charge in [-0.25, -0.2) is 0 Å². The van der Waals surface area contributed by atoms with Crippen molar-refractivity contribution in [1.29, 1.82) is 0 Å². The molecule has 1 aliphatic rings. The minimum Gasteiger partial charge on any atom is -0.483 e. The number of imide groups is 1. The molecule has 1 heterocycles. The van der Waals surface area contributed by atoms with Crippen LogP contribution in [0.15, 0.2) is 18.2 Å². The van der Waals surface area contributed by atoms with E-state index in [0.717, 1.165) is 38.5 Å². The highest BCUT2D eigenvalue weighted by atomic mass is 16.5. The Morgan fingerprint density at radius 1 is 0.976 bits per heavy atom. The van der Waals surface area contributed by atoms with Crippen LogP contribution in [0, 0.1) is 0 Å². The van der Waals surface area contributed by atoms with Gasteiger partial charge >= 0.3 is 0 Å². The smallest absolute Gasteiger partial charge is 0.258 e. The second-order valence-corrected chi connectivity index (χ2v) is 9.78. The summed E-state index contributed by atoms with van der Waals surface area (Å²) in [4.78, 5) is 72.2. The van der Waals surface area contributed by atoms with Gasteiger partial charge in [0.15, 0.2) is 12.9 Å². The summed E-state index contributed by atoms with van der Waals surface area (Å²) in [5.74, 6) is -1.95. The van der Waals surface area contributed by atoms with Gasteiger partial charge in [-0.1, -0.05) is 12.1 Å². The quantitative estimate of drug-likeness (QED) is 0.101. The number of rotatable bonds is 22. The second kappa shape index (κ2) is 20.1. The maximum atomic E-state index is 13.2. The maximum Gasteiger partial charge on any atom is 0.258 e. The molecule has 1 aromatic rings. The highest BCUT2D eigenvalue weighted by Gasteiger charge is 2.34. The summed E-state index contributed by atoms with van der Waals surface area (Å²) in [7, 11) is 1.42. The number of aldehydes is 1. The Hall–Kier alpha value is -3.84. The molecule has 0 spiro atoms. The lowest BCUT2D eigenvalue weighted by atomic mass is 10.0. The molecule has 1 atom stereocenters. The Bertz CT molecular complexity index is 1050. The van der Waals surface area contributed by atoms with Crippen molar-refractivity contribution in [3.63, 3.8) is 0 Å². The largest absolute Gasteiger partial charge is 0.483 e. The van der Waals surface area contributed by atoms with Crippen LogP contribution in [0.3, 0.4) is 0 Å². The molecule has 0 saturated carbocycles. The van der Waals surface area contributed by atoms with E-state index in [9.17, 15) is 28.8 Å². The minimum atomic E-state index is -0.871. The van der Waals surface area contributed by atoms with Crippen LogP contribution < -0.4 is 20.7 Å². The average molecular weight is 591 g/mol. The summed E-state index contributed by atoms with van der Waals surface area (Å²) in [6.45, 7) is 3.13. The molecule has 13 nitrogen and oxygen atoms in total. The number of carbonyl (C=O) groups excluding carboxylic acids is 6. The number of ether oxygens (including phenoxy) is 3. The number of likely N-dealkylation sites (N-methyl/N-ethyl adjacent to an activating group) is 1. The minimum absolute atomic E-state index is 0.0481. The molecular weight excluding hydrogens is 548 g/mol. The molecule has 0 aliphatic carbocycles. The Labute approximate surface area is 246 Å². The highest BCUT2D eigenvalue weighted by Crippen LogP contribution is 2.25. The number of nitrogens with zero attached hydrogens (tertiary/aromatic N) is 1. The summed E-state index contributed by atoms with van der Waals surface area (Å²) >= 11 is 0. The first kappa shape index (κ1) is 34.4. The average Bonchev–Trinajstić information content (AvgIpc) is 2.98. The molecule has 42 heavy (non-hydrogen) atoms. The lowest BCUT2D eigenvalue weighted by molar-refractivity contribution is -0.136. The molecule has 1 unspecified atom stereocenters. The summed E-state index contributed by atoms with van der Waals surface area (Å²) in [6, 6.07) is 3.59. The van der Waals surface area contributed by atoms with E-state index in [4.69, 9.17) is 14.2 Å². The van der Waals surface area contributed by atoms with E-state index in [-0.39, 0.29) is 42.2 Å². The van der Waals surface area contributed by atoms with Crippen LogP contribution in [0.5, 0.6) is 5.75 Å². The molecule has 0 bridgehead atoms. The van der Waals surface area contributed by atoms with E-state index in [1.807, 2.05) is 0 Å². The second-order valence-electron chi connectivity index (χ2n) is 9.78. The van der Waals surface area contributed by atoms with Crippen LogP contribution in [-0.4, -0.2) is 100 Å². The SMILES string of the molecule is CN(C(=O)c1c(C=O)cccc1OCC(=O)NCCCCCOCCOCCCCCNC=O)C1CCC(=O)NC1=O. The number of hydrogen-bond donors (Lipinski definition) is 3. The van der Waals surface area contributed by atoms with Gasteiger partial charge < -0.3 is 29.7 Å². The van der Waals surface area contributed by atoms with E-state index < -0.39 is 23.8 Å². The van der Waals surface area contributed by atoms with Crippen molar-refractivity contribution < 1.29 is 43.0 Å². The molecular formula is C29H42N4O9. The molecule has 1 saturated heterocycles. The predicted molar refractivity (Wildman–Crippen MR) is 152 cm³/mol. The number of piperidine rings is 1. The van der Waals surface area contributed by atoms with Gasteiger partial charge in [-0.15, -0.1) is 0 Å². The third-order valence-electron chi connectivity index (χ3n) is 6.61. The van der Waals surface area contributed by atoms with Gasteiger partial charge in [0, 0.05) is 45.3 Å². The van der Waals surface area contributed by atoms with Crippen molar-refractivity contribution >= 4 is 36.3 Å². The van der Waals surface area contributed by atoms with E-state index in [0.29, 0.717) is 52.2 Å². The van der Waals surface area contributed by atoms with Gasteiger partial charge in [0.1, 0.15) is 11.8 Å². The van der Waals surface area contributed by atoms with Crippen molar-refractivity contribution in [3.05, 3.63) is 29.3 Å². The number of benzene rings is 1. The molecule has 3 N–H and O–H groups in total. The van der Waals surface area contributed by atoms with Gasteiger partial charge in [-0.2, -0.15) is 0 Å². The van der Waals surface area contributed by atoms with Crippen LogP contribution in [0.25, 0.3) is 0 Å². The van der Waals surface area contributed by atoms with Gasteiger partial charge in [-0.3, -0.25) is 34.1 Å². The third kappa shape index (κ3) is 12.4. The molecule has 1 fully saturated rings. The van der Waals surface area contributed by atoms with E-state index in [1.54, 1.807) is 0 Å². The molecule has 5 amide bonds. The van der Waals surface area contributed by atoms with Crippen molar-refractivity contribution in [2.24, 2.45) is 0 Å². The lowest BCUT2D eigenvalue weighted by Gasteiger charge is -2.30. The van der Waals surface area contributed by atoms with Gasteiger partial charge in [-0.05, 0) is 51.0 Å².